The fourth-order valence-electron chi connectivity index (χ4n) is 3.89. The number of amides is 1. The van der Waals surface area contributed by atoms with E-state index in [1.165, 1.54) is 6.08 Å². The van der Waals surface area contributed by atoms with Crippen LogP contribution in [0, 0.1) is 13.8 Å². The van der Waals surface area contributed by atoms with E-state index in [9.17, 15) is 4.79 Å². The molecule has 0 atom stereocenters. The molecule has 196 valence electrons. The number of rotatable bonds is 9. The van der Waals surface area contributed by atoms with Gasteiger partial charge in [0, 0.05) is 26.2 Å². The summed E-state index contributed by atoms with van der Waals surface area (Å²) in [5, 5.41) is 8.67. The third kappa shape index (κ3) is 6.98. The van der Waals surface area contributed by atoms with Gasteiger partial charge >= 0.3 is 0 Å². The molecule has 6 nitrogen and oxygen atoms in total. The number of carbonyl (C=O) groups is 1. The van der Waals surface area contributed by atoms with Crippen molar-refractivity contribution >= 4 is 56.8 Å². The largest absolute Gasteiger partial charge is 0.496 e. The molecular formula is C29H26BrCl2N3O3. The first kappa shape index (κ1) is 27.8. The van der Waals surface area contributed by atoms with Crippen molar-refractivity contribution in [2.24, 2.45) is 0 Å². The number of benzene rings is 3. The molecular weight excluding hydrogens is 589 g/mol. The summed E-state index contributed by atoms with van der Waals surface area (Å²) in [6, 6.07) is 18.7. The van der Waals surface area contributed by atoms with Crippen LogP contribution >= 0.6 is 39.1 Å². The molecule has 0 aliphatic rings. The normalized spacial score (nSPS) is 11.1. The quantitative estimate of drug-likeness (QED) is 0.195. The molecule has 0 radical (unpaired) electrons. The van der Waals surface area contributed by atoms with Crippen molar-refractivity contribution in [2.75, 3.05) is 12.4 Å². The van der Waals surface area contributed by atoms with Crippen LogP contribution in [0.3, 0.4) is 0 Å². The van der Waals surface area contributed by atoms with Crippen LogP contribution < -0.4 is 14.8 Å². The van der Waals surface area contributed by atoms with Crippen LogP contribution in [0.15, 0.2) is 71.2 Å². The number of anilines is 1. The third-order valence-corrected chi connectivity index (χ3v) is 7.02. The molecule has 0 aliphatic carbocycles. The monoisotopic (exact) mass is 613 g/mol. The minimum Gasteiger partial charge on any atom is -0.496 e. The molecule has 0 spiro atoms. The molecule has 1 N–H and O–H groups in total. The Morgan fingerprint density at radius 3 is 2.53 bits per heavy atom. The van der Waals surface area contributed by atoms with Crippen molar-refractivity contribution in [1.82, 2.24) is 9.78 Å². The Hall–Kier alpha value is -3.26. The highest BCUT2D eigenvalue weighted by Crippen LogP contribution is 2.26. The summed E-state index contributed by atoms with van der Waals surface area (Å²) >= 11 is 15.8. The van der Waals surface area contributed by atoms with Gasteiger partial charge in [-0.05, 0) is 79.6 Å². The number of hydrogen-bond acceptors (Lipinski definition) is 4. The number of hydrogen-bond donors (Lipinski definition) is 1. The average Bonchev–Trinajstić information content (AvgIpc) is 3.16. The fraction of sp³-hybridized carbons (Fsp3) is 0.172. The summed E-state index contributed by atoms with van der Waals surface area (Å²) in [7, 11) is 1.62. The van der Waals surface area contributed by atoms with Crippen LogP contribution in [0.1, 0.15) is 28.1 Å². The summed E-state index contributed by atoms with van der Waals surface area (Å²) in [6.45, 7) is 4.55. The third-order valence-electron chi connectivity index (χ3n) is 5.90. The van der Waals surface area contributed by atoms with Gasteiger partial charge in [0.05, 0.1) is 30.7 Å². The minimum atomic E-state index is -0.260. The van der Waals surface area contributed by atoms with Gasteiger partial charge in [0.15, 0.2) is 0 Å². The lowest BCUT2D eigenvalue weighted by atomic mass is 10.1. The fourth-order valence-corrected chi connectivity index (χ4v) is 4.62. The number of nitrogens with zero attached hydrogens (tertiary/aromatic N) is 2. The highest BCUT2D eigenvalue weighted by atomic mass is 79.9. The van der Waals surface area contributed by atoms with E-state index in [0.29, 0.717) is 40.3 Å². The topological polar surface area (TPSA) is 65.4 Å². The molecule has 1 amide bonds. The van der Waals surface area contributed by atoms with Gasteiger partial charge < -0.3 is 14.8 Å². The van der Waals surface area contributed by atoms with Crippen LogP contribution in [0.2, 0.25) is 10.0 Å². The molecule has 0 saturated carbocycles. The van der Waals surface area contributed by atoms with E-state index in [1.807, 2.05) is 67.1 Å². The first-order chi connectivity index (χ1) is 18.2. The maximum atomic E-state index is 12.8. The maximum absolute atomic E-state index is 12.8. The van der Waals surface area contributed by atoms with Crippen molar-refractivity contribution < 1.29 is 14.3 Å². The molecule has 1 heterocycles. The number of ether oxygens (including phenoxy) is 2. The summed E-state index contributed by atoms with van der Waals surface area (Å²) in [6.07, 6.45) is 3.24. The van der Waals surface area contributed by atoms with Crippen LogP contribution in [0.4, 0.5) is 5.69 Å². The van der Waals surface area contributed by atoms with Gasteiger partial charge in [-0.3, -0.25) is 9.48 Å². The van der Waals surface area contributed by atoms with Gasteiger partial charge in [0.25, 0.3) is 0 Å². The zero-order chi connectivity index (χ0) is 27.2. The standard InChI is InChI=1S/C29H26BrCl2N3O3/c1-18-29(19(2)35(34-18)16-21-6-9-24(31)15-26(21)32)33-28(36)13-5-20-4-12-27(37-3)22(14-20)17-38-25-10-7-23(30)8-11-25/h4-15H,16-17H2,1-3H3,(H,33,36)/b13-5+. The SMILES string of the molecule is COc1ccc(/C=C/C(=O)Nc2c(C)nn(Cc3ccc(Cl)cc3Cl)c2C)cc1COc1ccc(Br)cc1. The van der Waals surface area contributed by atoms with Crippen molar-refractivity contribution in [3.05, 3.63) is 109 Å². The van der Waals surface area contributed by atoms with Gasteiger partial charge in [0.1, 0.15) is 18.1 Å². The van der Waals surface area contributed by atoms with Crippen LogP contribution in [0.5, 0.6) is 11.5 Å². The van der Waals surface area contributed by atoms with E-state index in [-0.39, 0.29) is 5.91 Å². The summed E-state index contributed by atoms with van der Waals surface area (Å²) in [5.41, 5.74) is 4.81. The van der Waals surface area contributed by atoms with E-state index in [4.69, 9.17) is 32.7 Å². The molecule has 0 aliphatic heterocycles. The lowest BCUT2D eigenvalue weighted by Crippen LogP contribution is -2.10. The first-order valence-electron chi connectivity index (χ1n) is 11.8. The van der Waals surface area contributed by atoms with Gasteiger partial charge in [-0.1, -0.05) is 51.3 Å². The van der Waals surface area contributed by atoms with E-state index in [0.717, 1.165) is 32.6 Å². The second-order valence-corrected chi connectivity index (χ2v) is 10.3. The van der Waals surface area contributed by atoms with E-state index in [2.05, 4.69) is 26.3 Å². The Bertz CT molecular complexity index is 1480. The van der Waals surface area contributed by atoms with Gasteiger partial charge in [-0.15, -0.1) is 0 Å². The lowest BCUT2D eigenvalue weighted by Gasteiger charge is -2.11. The van der Waals surface area contributed by atoms with Crippen LogP contribution in [-0.4, -0.2) is 22.8 Å². The summed E-state index contributed by atoms with van der Waals surface area (Å²) < 4.78 is 14.2. The molecule has 0 bridgehead atoms. The van der Waals surface area contributed by atoms with E-state index in [1.54, 1.807) is 25.3 Å². The molecule has 38 heavy (non-hydrogen) atoms. The molecule has 0 fully saturated rings. The average molecular weight is 615 g/mol. The van der Waals surface area contributed by atoms with Gasteiger partial charge in [-0.2, -0.15) is 5.10 Å². The highest BCUT2D eigenvalue weighted by molar-refractivity contribution is 9.10. The van der Waals surface area contributed by atoms with Crippen molar-refractivity contribution in [3.8, 4) is 11.5 Å². The Kier molecular flexibility index (Phi) is 9.15. The number of aromatic nitrogens is 2. The predicted octanol–water partition coefficient (Wildman–Crippen LogP) is 7.86. The van der Waals surface area contributed by atoms with Gasteiger partial charge in [0.2, 0.25) is 5.91 Å². The second kappa shape index (κ2) is 12.5. The number of nitrogens with one attached hydrogen (secondary N) is 1. The second-order valence-electron chi connectivity index (χ2n) is 8.58. The number of halogens is 3. The summed E-state index contributed by atoms with van der Waals surface area (Å²) in [4.78, 5) is 12.8. The molecule has 3 aromatic carbocycles. The Morgan fingerprint density at radius 1 is 1.05 bits per heavy atom. The van der Waals surface area contributed by atoms with Crippen molar-refractivity contribution in [2.45, 2.75) is 27.0 Å². The molecule has 1 aromatic heterocycles. The molecule has 9 heteroatoms. The minimum absolute atomic E-state index is 0.260. The van der Waals surface area contributed by atoms with Crippen LogP contribution in [0.25, 0.3) is 6.08 Å². The molecule has 4 rings (SSSR count). The number of carbonyl (C=O) groups excluding carboxylic acids is 1. The molecule has 0 saturated heterocycles. The van der Waals surface area contributed by atoms with Gasteiger partial charge in [-0.25, -0.2) is 0 Å². The zero-order valence-corrected chi connectivity index (χ0v) is 24.2. The van der Waals surface area contributed by atoms with E-state index < -0.39 is 0 Å². The Morgan fingerprint density at radius 2 is 1.82 bits per heavy atom. The van der Waals surface area contributed by atoms with E-state index >= 15 is 0 Å². The lowest BCUT2D eigenvalue weighted by molar-refractivity contribution is -0.111. The first-order valence-corrected chi connectivity index (χ1v) is 13.3. The summed E-state index contributed by atoms with van der Waals surface area (Å²) in [5.74, 6) is 1.20. The highest BCUT2D eigenvalue weighted by Gasteiger charge is 2.15. The van der Waals surface area contributed by atoms with Crippen molar-refractivity contribution in [3.63, 3.8) is 0 Å². The maximum Gasteiger partial charge on any atom is 0.248 e. The predicted molar refractivity (Wildman–Crippen MR) is 156 cm³/mol. The Balaban J connectivity index is 1.44. The zero-order valence-electron chi connectivity index (χ0n) is 21.1. The van der Waals surface area contributed by atoms with Crippen molar-refractivity contribution in [1.29, 1.82) is 0 Å². The number of aryl methyl sites for hydroxylation is 1. The molecule has 0 unspecified atom stereocenters. The molecule has 4 aromatic rings. The smallest absolute Gasteiger partial charge is 0.248 e. The van der Waals surface area contributed by atoms with Crippen LogP contribution in [-0.2, 0) is 17.9 Å². The Labute approximate surface area is 240 Å². The number of methoxy groups -OCH3 is 1.